The Bertz CT molecular complexity index is 680. The Morgan fingerprint density at radius 2 is 1.84 bits per heavy atom. The molecule has 3 heterocycles. The van der Waals surface area contributed by atoms with Gasteiger partial charge in [0.05, 0.1) is 0 Å². The number of hydrogen-bond donors (Lipinski definition) is 0. The van der Waals surface area contributed by atoms with Crippen molar-refractivity contribution in [1.29, 1.82) is 0 Å². The van der Waals surface area contributed by atoms with Gasteiger partial charge in [-0.15, -0.1) is 0 Å². The molecule has 2 aromatic rings. The lowest BCUT2D eigenvalue weighted by Gasteiger charge is -2.51. The predicted molar refractivity (Wildman–Crippen MR) is 100 cm³/mol. The Balaban J connectivity index is 1.43. The van der Waals surface area contributed by atoms with Gasteiger partial charge in [-0.3, -0.25) is 14.8 Å². The summed E-state index contributed by atoms with van der Waals surface area (Å²) >= 11 is 0. The van der Waals surface area contributed by atoms with Gasteiger partial charge >= 0.3 is 0 Å². The molecule has 2 fully saturated rings. The smallest absolute Gasteiger partial charge is 0.0484 e. The predicted octanol–water partition coefficient (Wildman–Crippen LogP) is 3.05. The first-order valence-electron chi connectivity index (χ1n) is 9.26. The summed E-state index contributed by atoms with van der Waals surface area (Å²) < 4.78 is 5.60. The summed E-state index contributed by atoms with van der Waals surface area (Å²) in [5.41, 5.74) is 4.11. The first-order chi connectivity index (χ1) is 12.3. The Labute approximate surface area is 150 Å². The highest BCUT2D eigenvalue weighted by atomic mass is 16.5. The molecule has 0 unspecified atom stereocenters. The molecular weight excluding hydrogens is 310 g/mol. The van der Waals surface area contributed by atoms with Crippen molar-refractivity contribution in [2.75, 3.05) is 39.9 Å². The number of pyridine rings is 1. The SMILES string of the molecule is CN1CCN(Cc2ccc(-c3cccnc3)cc2)CC12CCOCC2. The fraction of sp³-hybridized carbons (Fsp3) is 0.476. The summed E-state index contributed by atoms with van der Waals surface area (Å²) in [5.74, 6) is 0. The lowest BCUT2D eigenvalue weighted by molar-refractivity contribution is -0.0625. The first-order valence-corrected chi connectivity index (χ1v) is 9.26. The van der Waals surface area contributed by atoms with E-state index in [2.05, 4.69) is 52.2 Å². The van der Waals surface area contributed by atoms with Crippen LogP contribution in [0.15, 0.2) is 48.8 Å². The highest BCUT2D eigenvalue weighted by Gasteiger charge is 2.40. The van der Waals surface area contributed by atoms with E-state index in [0.29, 0.717) is 5.54 Å². The third kappa shape index (κ3) is 3.61. The number of nitrogens with zero attached hydrogens (tertiary/aromatic N) is 3. The van der Waals surface area contributed by atoms with Crippen LogP contribution in [-0.4, -0.2) is 60.2 Å². The Morgan fingerprint density at radius 3 is 2.56 bits per heavy atom. The Morgan fingerprint density at radius 1 is 1.04 bits per heavy atom. The van der Waals surface area contributed by atoms with Gasteiger partial charge in [-0.05, 0) is 42.6 Å². The maximum absolute atomic E-state index is 5.60. The van der Waals surface area contributed by atoms with Gasteiger partial charge in [0.2, 0.25) is 0 Å². The van der Waals surface area contributed by atoms with Gasteiger partial charge in [0.25, 0.3) is 0 Å². The number of hydrogen-bond acceptors (Lipinski definition) is 4. The standard InChI is InChI=1S/C21H27N3O/c1-23-11-12-24(17-21(23)8-13-25-14-9-21)16-18-4-6-19(7-5-18)20-3-2-10-22-15-20/h2-7,10,15H,8-9,11-14,16-17H2,1H3. The second-order valence-corrected chi connectivity index (χ2v) is 7.41. The molecule has 0 N–H and O–H groups in total. The van der Waals surface area contributed by atoms with Crippen molar-refractivity contribution in [3.8, 4) is 11.1 Å². The molecule has 132 valence electrons. The minimum absolute atomic E-state index is 0.312. The molecule has 4 rings (SSSR count). The van der Waals surface area contributed by atoms with E-state index in [0.717, 1.165) is 52.2 Å². The molecule has 2 aliphatic rings. The van der Waals surface area contributed by atoms with Gasteiger partial charge in [0, 0.05) is 57.3 Å². The van der Waals surface area contributed by atoms with E-state index < -0.39 is 0 Å². The summed E-state index contributed by atoms with van der Waals surface area (Å²) in [6.45, 7) is 6.27. The molecule has 0 bridgehead atoms. The average molecular weight is 337 g/mol. The average Bonchev–Trinajstić information content (AvgIpc) is 2.67. The van der Waals surface area contributed by atoms with Crippen molar-refractivity contribution >= 4 is 0 Å². The van der Waals surface area contributed by atoms with Crippen LogP contribution in [0.1, 0.15) is 18.4 Å². The van der Waals surface area contributed by atoms with E-state index in [9.17, 15) is 0 Å². The van der Waals surface area contributed by atoms with Gasteiger partial charge in [-0.2, -0.15) is 0 Å². The van der Waals surface area contributed by atoms with Gasteiger partial charge < -0.3 is 4.74 Å². The van der Waals surface area contributed by atoms with E-state index in [-0.39, 0.29) is 0 Å². The second-order valence-electron chi connectivity index (χ2n) is 7.41. The fourth-order valence-corrected chi connectivity index (χ4v) is 4.17. The van der Waals surface area contributed by atoms with Crippen molar-refractivity contribution in [2.45, 2.75) is 24.9 Å². The van der Waals surface area contributed by atoms with Crippen molar-refractivity contribution < 1.29 is 4.74 Å². The molecule has 4 heteroatoms. The summed E-state index contributed by atoms with van der Waals surface area (Å²) in [4.78, 5) is 9.39. The van der Waals surface area contributed by atoms with Crippen LogP contribution in [0.4, 0.5) is 0 Å². The Hall–Kier alpha value is -1.75. The molecule has 0 radical (unpaired) electrons. The fourth-order valence-electron chi connectivity index (χ4n) is 4.17. The van der Waals surface area contributed by atoms with Gasteiger partial charge in [0.1, 0.15) is 0 Å². The molecule has 0 saturated carbocycles. The van der Waals surface area contributed by atoms with Crippen LogP contribution in [-0.2, 0) is 11.3 Å². The maximum Gasteiger partial charge on any atom is 0.0484 e. The lowest BCUT2D eigenvalue weighted by Crippen LogP contribution is -2.62. The van der Waals surface area contributed by atoms with Crippen molar-refractivity contribution in [3.63, 3.8) is 0 Å². The molecule has 0 atom stereocenters. The number of benzene rings is 1. The van der Waals surface area contributed by atoms with E-state index in [1.54, 1.807) is 0 Å². The number of aromatic nitrogens is 1. The molecule has 0 amide bonds. The second kappa shape index (κ2) is 7.24. The molecule has 1 aromatic heterocycles. The molecular formula is C21H27N3O. The van der Waals surface area contributed by atoms with Crippen LogP contribution in [0.2, 0.25) is 0 Å². The minimum atomic E-state index is 0.312. The van der Waals surface area contributed by atoms with E-state index in [1.807, 2.05) is 18.5 Å². The minimum Gasteiger partial charge on any atom is -0.381 e. The van der Waals surface area contributed by atoms with Crippen molar-refractivity contribution in [1.82, 2.24) is 14.8 Å². The van der Waals surface area contributed by atoms with Crippen LogP contribution in [0.3, 0.4) is 0 Å². The van der Waals surface area contributed by atoms with Crippen LogP contribution in [0.5, 0.6) is 0 Å². The van der Waals surface area contributed by atoms with E-state index >= 15 is 0 Å². The number of piperazine rings is 1. The zero-order valence-electron chi connectivity index (χ0n) is 15.0. The van der Waals surface area contributed by atoms with Crippen LogP contribution in [0, 0.1) is 0 Å². The molecule has 0 aliphatic carbocycles. The van der Waals surface area contributed by atoms with Gasteiger partial charge in [0.15, 0.2) is 0 Å². The third-order valence-electron chi connectivity index (χ3n) is 5.86. The van der Waals surface area contributed by atoms with Crippen LogP contribution in [0.25, 0.3) is 11.1 Å². The largest absolute Gasteiger partial charge is 0.381 e. The molecule has 1 spiro atoms. The molecule has 1 aromatic carbocycles. The van der Waals surface area contributed by atoms with Crippen molar-refractivity contribution in [3.05, 3.63) is 54.4 Å². The van der Waals surface area contributed by atoms with Gasteiger partial charge in [-0.1, -0.05) is 30.3 Å². The third-order valence-corrected chi connectivity index (χ3v) is 5.86. The maximum atomic E-state index is 5.60. The lowest BCUT2D eigenvalue weighted by atomic mass is 9.86. The number of likely N-dealkylation sites (N-methyl/N-ethyl adjacent to an activating group) is 1. The van der Waals surface area contributed by atoms with E-state index in [4.69, 9.17) is 4.74 Å². The molecule has 2 aliphatic heterocycles. The summed E-state index contributed by atoms with van der Waals surface area (Å²) in [6.07, 6.45) is 6.04. The Kier molecular flexibility index (Phi) is 4.84. The quantitative estimate of drug-likeness (QED) is 0.861. The van der Waals surface area contributed by atoms with Gasteiger partial charge in [-0.25, -0.2) is 0 Å². The number of ether oxygens (including phenoxy) is 1. The highest BCUT2D eigenvalue weighted by molar-refractivity contribution is 5.62. The monoisotopic (exact) mass is 337 g/mol. The zero-order valence-corrected chi connectivity index (χ0v) is 15.0. The van der Waals surface area contributed by atoms with Crippen molar-refractivity contribution in [2.24, 2.45) is 0 Å². The summed E-state index contributed by atoms with van der Waals surface area (Å²) in [6, 6.07) is 13.0. The van der Waals surface area contributed by atoms with Crippen LogP contribution >= 0.6 is 0 Å². The van der Waals surface area contributed by atoms with Crippen LogP contribution < -0.4 is 0 Å². The summed E-state index contributed by atoms with van der Waals surface area (Å²) in [5, 5.41) is 0. The summed E-state index contributed by atoms with van der Waals surface area (Å²) in [7, 11) is 2.28. The topological polar surface area (TPSA) is 28.6 Å². The van der Waals surface area contributed by atoms with E-state index in [1.165, 1.54) is 16.7 Å². The number of rotatable bonds is 3. The molecule has 25 heavy (non-hydrogen) atoms. The first kappa shape index (κ1) is 16.7. The molecule has 2 saturated heterocycles. The molecule has 4 nitrogen and oxygen atoms in total. The normalized spacial score (nSPS) is 21.5. The zero-order chi connectivity index (χ0) is 17.1. The highest BCUT2D eigenvalue weighted by Crippen LogP contribution is 2.31.